The first-order valence-corrected chi connectivity index (χ1v) is 7.75. The number of hydrogen-bond donors (Lipinski definition) is 0. The zero-order chi connectivity index (χ0) is 15.1. The Kier molecular flexibility index (Phi) is 3.12. The minimum atomic E-state index is -0.412. The largest absolute Gasteiger partial charge is 0.371 e. The van der Waals surface area contributed by atoms with Gasteiger partial charge in [-0.3, -0.25) is 10.1 Å². The summed E-state index contributed by atoms with van der Waals surface area (Å²) in [5.74, 6) is 0. The number of nitro groups is 1. The molecule has 2 aromatic heterocycles. The number of fused-ring (bicyclic) bond motifs is 1. The predicted octanol–water partition coefficient (Wildman–Crippen LogP) is 3.22. The molecule has 1 aliphatic heterocycles. The Morgan fingerprint density at radius 3 is 2.82 bits per heavy atom. The summed E-state index contributed by atoms with van der Waals surface area (Å²) in [6.07, 6.45) is 4.01. The lowest BCUT2D eigenvalue weighted by atomic mass is 10.1. The molecule has 0 amide bonds. The Hall–Kier alpha value is -2.32. The highest BCUT2D eigenvalue weighted by molar-refractivity contribution is 7.16. The minimum Gasteiger partial charge on any atom is -0.371 e. The number of non-ortho nitro benzene ring substituents is 1. The lowest BCUT2D eigenvalue weighted by molar-refractivity contribution is -0.384. The van der Waals surface area contributed by atoms with E-state index in [9.17, 15) is 10.1 Å². The van der Waals surface area contributed by atoms with Crippen LogP contribution in [0.25, 0.3) is 16.2 Å². The summed E-state index contributed by atoms with van der Waals surface area (Å²) in [5.41, 5.74) is 1.66. The molecule has 3 heterocycles. The number of rotatable bonds is 3. The molecule has 8 heteroatoms. The van der Waals surface area contributed by atoms with Crippen LogP contribution in [-0.4, -0.2) is 26.1 Å². The topological polar surface area (TPSA) is 82.6 Å². The van der Waals surface area contributed by atoms with E-state index in [-0.39, 0.29) is 11.8 Å². The van der Waals surface area contributed by atoms with E-state index in [4.69, 9.17) is 4.74 Å². The van der Waals surface area contributed by atoms with Gasteiger partial charge in [0, 0.05) is 24.3 Å². The van der Waals surface area contributed by atoms with Gasteiger partial charge in [-0.05, 0) is 25.0 Å². The van der Waals surface area contributed by atoms with Crippen LogP contribution in [0, 0.1) is 10.1 Å². The molecule has 0 spiro atoms. The van der Waals surface area contributed by atoms with Crippen molar-refractivity contribution in [3.8, 4) is 11.3 Å². The molecule has 1 unspecified atom stereocenters. The summed E-state index contributed by atoms with van der Waals surface area (Å²) in [6, 6.07) is 6.36. The van der Waals surface area contributed by atoms with Crippen molar-refractivity contribution in [2.75, 3.05) is 6.61 Å². The van der Waals surface area contributed by atoms with Gasteiger partial charge in [0.05, 0.1) is 16.8 Å². The molecule has 1 atom stereocenters. The molecule has 0 saturated carbocycles. The van der Waals surface area contributed by atoms with Gasteiger partial charge in [0.2, 0.25) is 4.96 Å². The predicted molar refractivity (Wildman–Crippen MR) is 80.9 cm³/mol. The molecule has 22 heavy (non-hydrogen) atoms. The third-order valence-corrected chi connectivity index (χ3v) is 4.65. The van der Waals surface area contributed by atoms with E-state index in [1.807, 2.05) is 6.20 Å². The Balaban J connectivity index is 1.65. The summed E-state index contributed by atoms with van der Waals surface area (Å²) in [7, 11) is 0. The van der Waals surface area contributed by atoms with Crippen molar-refractivity contribution >= 4 is 22.0 Å². The molecule has 0 radical (unpaired) electrons. The summed E-state index contributed by atoms with van der Waals surface area (Å²) in [5, 5.41) is 16.2. The van der Waals surface area contributed by atoms with Crippen LogP contribution >= 0.6 is 11.3 Å². The standard InChI is InChI=1S/C14H12N4O3S/c19-18(20)10-5-3-9(4-6-10)11-8-17-14(15-11)22-13(16-17)12-2-1-7-21-12/h3-6,8,12H,1-2,7H2. The van der Waals surface area contributed by atoms with Crippen LogP contribution in [-0.2, 0) is 4.74 Å². The normalized spacial score (nSPS) is 18.1. The van der Waals surface area contributed by atoms with Crippen LogP contribution in [0.15, 0.2) is 30.5 Å². The first-order chi connectivity index (χ1) is 10.7. The van der Waals surface area contributed by atoms with Crippen LogP contribution in [0.1, 0.15) is 24.0 Å². The maximum absolute atomic E-state index is 10.7. The van der Waals surface area contributed by atoms with Crippen molar-refractivity contribution in [3.63, 3.8) is 0 Å². The minimum absolute atomic E-state index is 0.0727. The van der Waals surface area contributed by atoms with Gasteiger partial charge >= 0.3 is 0 Å². The highest BCUT2D eigenvalue weighted by Gasteiger charge is 2.22. The van der Waals surface area contributed by atoms with Gasteiger partial charge in [-0.25, -0.2) is 9.50 Å². The third-order valence-electron chi connectivity index (χ3n) is 3.64. The smallest absolute Gasteiger partial charge is 0.269 e. The molecule has 0 N–H and O–H groups in total. The monoisotopic (exact) mass is 316 g/mol. The molecular formula is C14H12N4O3S. The van der Waals surface area contributed by atoms with E-state index in [1.54, 1.807) is 16.6 Å². The van der Waals surface area contributed by atoms with E-state index < -0.39 is 4.92 Å². The van der Waals surface area contributed by atoms with Crippen molar-refractivity contribution in [3.05, 3.63) is 45.6 Å². The molecule has 0 aliphatic carbocycles. The van der Waals surface area contributed by atoms with E-state index >= 15 is 0 Å². The van der Waals surface area contributed by atoms with Crippen LogP contribution in [0.5, 0.6) is 0 Å². The Morgan fingerprint density at radius 2 is 2.18 bits per heavy atom. The van der Waals surface area contributed by atoms with Gasteiger partial charge in [0.1, 0.15) is 11.1 Å². The number of nitro benzene ring substituents is 1. The SMILES string of the molecule is O=[N+]([O-])c1ccc(-c2cn3nc(C4CCCO4)sc3n2)cc1. The number of aromatic nitrogens is 3. The highest BCUT2D eigenvalue weighted by Crippen LogP contribution is 2.32. The van der Waals surface area contributed by atoms with Gasteiger partial charge in [0.25, 0.3) is 5.69 Å². The quantitative estimate of drug-likeness (QED) is 0.547. The highest BCUT2D eigenvalue weighted by atomic mass is 32.1. The van der Waals surface area contributed by atoms with Gasteiger partial charge in [0.15, 0.2) is 0 Å². The van der Waals surface area contributed by atoms with Crippen molar-refractivity contribution in [2.24, 2.45) is 0 Å². The van der Waals surface area contributed by atoms with Gasteiger partial charge in [-0.15, -0.1) is 0 Å². The Labute approximate surface area is 129 Å². The number of nitrogens with zero attached hydrogens (tertiary/aromatic N) is 4. The summed E-state index contributed by atoms with van der Waals surface area (Å²) in [4.78, 5) is 15.6. The Morgan fingerprint density at radius 1 is 1.36 bits per heavy atom. The third kappa shape index (κ3) is 2.26. The summed E-state index contributed by atoms with van der Waals surface area (Å²) in [6.45, 7) is 0.792. The first kappa shape index (κ1) is 13.4. The number of imidazole rings is 1. The maximum atomic E-state index is 10.7. The van der Waals surface area contributed by atoms with Crippen molar-refractivity contribution < 1.29 is 9.66 Å². The lowest BCUT2D eigenvalue weighted by Gasteiger charge is -2.02. The van der Waals surface area contributed by atoms with Gasteiger partial charge in [-0.1, -0.05) is 11.3 Å². The van der Waals surface area contributed by atoms with Crippen LogP contribution in [0.3, 0.4) is 0 Å². The fraction of sp³-hybridized carbons (Fsp3) is 0.286. The van der Waals surface area contributed by atoms with E-state index in [0.717, 1.165) is 40.7 Å². The second-order valence-corrected chi connectivity index (χ2v) is 6.09. The maximum Gasteiger partial charge on any atom is 0.269 e. The number of benzene rings is 1. The van der Waals surface area contributed by atoms with Crippen LogP contribution in [0.2, 0.25) is 0 Å². The van der Waals surface area contributed by atoms with Gasteiger partial charge < -0.3 is 4.74 Å². The second kappa shape index (κ2) is 5.15. The summed E-state index contributed by atoms with van der Waals surface area (Å²) >= 11 is 1.53. The summed E-state index contributed by atoms with van der Waals surface area (Å²) < 4.78 is 7.38. The average Bonchev–Trinajstić information content (AvgIpc) is 3.22. The molecule has 3 aromatic rings. The van der Waals surface area contributed by atoms with E-state index in [2.05, 4.69) is 10.1 Å². The molecule has 4 rings (SSSR count). The fourth-order valence-electron chi connectivity index (χ4n) is 2.51. The van der Waals surface area contributed by atoms with Crippen LogP contribution < -0.4 is 0 Å². The molecule has 1 aromatic carbocycles. The number of ether oxygens (including phenoxy) is 1. The average molecular weight is 316 g/mol. The Bertz CT molecular complexity index is 802. The second-order valence-electron chi connectivity index (χ2n) is 5.10. The van der Waals surface area contributed by atoms with Crippen LogP contribution in [0.4, 0.5) is 5.69 Å². The molecule has 1 aliphatic rings. The molecule has 0 bridgehead atoms. The van der Waals surface area contributed by atoms with Gasteiger partial charge in [-0.2, -0.15) is 5.10 Å². The zero-order valence-electron chi connectivity index (χ0n) is 11.5. The molecular weight excluding hydrogens is 304 g/mol. The van der Waals surface area contributed by atoms with Crippen molar-refractivity contribution in [1.82, 2.24) is 14.6 Å². The first-order valence-electron chi connectivity index (χ1n) is 6.93. The molecule has 112 valence electrons. The lowest BCUT2D eigenvalue weighted by Crippen LogP contribution is -1.95. The zero-order valence-corrected chi connectivity index (χ0v) is 12.3. The fourth-order valence-corrected chi connectivity index (χ4v) is 3.48. The van der Waals surface area contributed by atoms with E-state index in [0.29, 0.717) is 0 Å². The molecule has 7 nitrogen and oxygen atoms in total. The number of hydrogen-bond acceptors (Lipinski definition) is 6. The molecule has 1 saturated heterocycles. The van der Waals surface area contributed by atoms with Crippen molar-refractivity contribution in [1.29, 1.82) is 0 Å². The molecule has 1 fully saturated rings. The van der Waals surface area contributed by atoms with Crippen molar-refractivity contribution in [2.45, 2.75) is 18.9 Å². The van der Waals surface area contributed by atoms with E-state index in [1.165, 1.54) is 23.5 Å².